The van der Waals surface area contributed by atoms with E-state index in [0.717, 1.165) is 19.3 Å². The van der Waals surface area contributed by atoms with Gasteiger partial charge in [-0.1, -0.05) is 47.1 Å². The molecule has 0 heterocycles. The second kappa shape index (κ2) is 11.9. The van der Waals surface area contributed by atoms with Crippen LogP contribution in [0.2, 0.25) is 0 Å². The largest absolute Gasteiger partial charge is 0.504 e. The molecule has 4 fully saturated rings. The smallest absolute Gasteiger partial charge is 0.331 e. The van der Waals surface area contributed by atoms with Crippen molar-refractivity contribution in [1.29, 1.82) is 0 Å². The van der Waals surface area contributed by atoms with E-state index in [-0.39, 0.29) is 51.1 Å². The molecule has 1 aromatic rings. The quantitative estimate of drug-likeness (QED) is 0.183. The highest BCUT2D eigenvalue weighted by atomic mass is 16.6. The van der Waals surface area contributed by atoms with E-state index < -0.39 is 28.9 Å². The fourth-order valence-electron chi connectivity index (χ4n) is 12.2. The number of hydrogen-bond donors (Lipinski definition) is 2. The van der Waals surface area contributed by atoms with Gasteiger partial charge in [0.05, 0.1) is 14.2 Å². The number of rotatable bonds is 5. The van der Waals surface area contributed by atoms with E-state index in [0.29, 0.717) is 36.2 Å². The van der Waals surface area contributed by atoms with Crippen LogP contribution in [0.4, 0.5) is 0 Å². The number of ether oxygens (including phenoxy) is 3. The van der Waals surface area contributed by atoms with Crippen molar-refractivity contribution in [1.82, 2.24) is 0 Å². The number of ketones is 1. The third-order valence-corrected chi connectivity index (χ3v) is 15.3. The predicted octanol–water partition coefficient (Wildman–Crippen LogP) is 8.04. The van der Waals surface area contributed by atoms with E-state index in [1.54, 1.807) is 0 Å². The summed E-state index contributed by atoms with van der Waals surface area (Å²) in [4.78, 5) is 41.9. The maximum Gasteiger partial charge on any atom is 0.331 e. The highest BCUT2D eigenvalue weighted by Gasteiger charge is 2.72. The number of fused-ring (bicyclic) bond motifs is 7. The van der Waals surface area contributed by atoms with Crippen LogP contribution in [-0.2, 0) is 23.9 Å². The number of carbonyl (C=O) groups excluding carboxylic acids is 3. The molecule has 2 N–H and O–H groups in total. The van der Waals surface area contributed by atoms with Crippen molar-refractivity contribution in [3.05, 3.63) is 35.4 Å². The monoisotopic (exact) mass is 676 g/mol. The number of allylic oxidation sites excluding steroid dienone is 2. The van der Waals surface area contributed by atoms with E-state index >= 15 is 0 Å². The zero-order chi connectivity index (χ0) is 35.9. The van der Waals surface area contributed by atoms with Gasteiger partial charge < -0.3 is 24.4 Å². The molecular formula is C41H56O8. The SMILES string of the molecule is COC(=O)[C@]1(C)C2CC[C@]3(C)C(C(=O)C=C4C5[C@@H](C)[C@H](C)CC[C@]5(C)CC[C@]43C)[C@@]2(C)CC[C@H]1OC(=O)C=Cc1cc(O)c(O)c(OC)c1. The molecule has 49 heavy (non-hydrogen) atoms. The summed E-state index contributed by atoms with van der Waals surface area (Å²) in [5.41, 5.74) is 0.00270. The van der Waals surface area contributed by atoms with Crippen LogP contribution >= 0.6 is 0 Å². The van der Waals surface area contributed by atoms with Crippen LogP contribution in [0.1, 0.15) is 105 Å². The lowest BCUT2D eigenvalue weighted by Crippen LogP contribution is -2.68. The van der Waals surface area contributed by atoms with Crippen molar-refractivity contribution in [2.24, 2.45) is 56.7 Å². The molecule has 8 heteroatoms. The Morgan fingerprint density at radius 2 is 1.63 bits per heavy atom. The molecule has 0 bridgehead atoms. The van der Waals surface area contributed by atoms with E-state index in [4.69, 9.17) is 14.2 Å². The summed E-state index contributed by atoms with van der Waals surface area (Å²) < 4.78 is 16.6. The van der Waals surface area contributed by atoms with Crippen molar-refractivity contribution in [3.63, 3.8) is 0 Å². The van der Waals surface area contributed by atoms with Gasteiger partial charge in [-0.3, -0.25) is 9.59 Å². The predicted molar refractivity (Wildman–Crippen MR) is 187 cm³/mol. The van der Waals surface area contributed by atoms with E-state index in [2.05, 4.69) is 47.6 Å². The maximum atomic E-state index is 14.7. The van der Waals surface area contributed by atoms with E-state index in [9.17, 15) is 24.6 Å². The Morgan fingerprint density at radius 1 is 0.918 bits per heavy atom. The fourth-order valence-corrected chi connectivity index (χ4v) is 12.2. The van der Waals surface area contributed by atoms with E-state index in [1.165, 1.54) is 63.3 Å². The molecule has 0 saturated heterocycles. The Morgan fingerprint density at radius 3 is 2.31 bits per heavy atom. The summed E-state index contributed by atoms with van der Waals surface area (Å²) in [6.45, 7) is 16.1. The van der Waals surface area contributed by atoms with Gasteiger partial charge in [0, 0.05) is 12.0 Å². The van der Waals surface area contributed by atoms with Crippen LogP contribution in [0.3, 0.4) is 0 Å². The van der Waals surface area contributed by atoms with Crippen LogP contribution < -0.4 is 4.74 Å². The minimum absolute atomic E-state index is 0.0697. The van der Waals surface area contributed by atoms with E-state index in [1.807, 2.05) is 6.92 Å². The summed E-state index contributed by atoms with van der Waals surface area (Å²) in [5, 5.41) is 20.0. The van der Waals surface area contributed by atoms with Gasteiger partial charge in [0.15, 0.2) is 17.3 Å². The molecular weight excluding hydrogens is 620 g/mol. The Kier molecular flexibility index (Phi) is 8.63. The average Bonchev–Trinajstić information content (AvgIpc) is 3.05. The van der Waals surface area contributed by atoms with Crippen molar-refractivity contribution in [2.45, 2.75) is 106 Å². The number of hydrogen-bond acceptors (Lipinski definition) is 8. The van der Waals surface area contributed by atoms with Crippen molar-refractivity contribution >= 4 is 23.8 Å². The number of phenolic OH excluding ortho intramolecular Hbond substituents is 2. The molecule has 268 valence electrons. The zero-order valence-corrected chi connectivity index (χ0v) is 30.9. The molecule has 3 unspecified atom stereocenters. The minimum atomic E-state index is -1.16. The lowest BCUT2D eigenvalue weighted by Gasteiger charge is -2.70. The van der Waals surface area contributed by atoms with Crippen LogP contribution in [0.15, 0.2) is 29.9 Å². The van der Waals surface area contributed by atoms with Crippen molar-refractivity contribution < 1.29 is 38.8 Å². The molecule has 0 spiro atoms. The fraction of sp³-hybridized carbons (Fsp3) is 0.683. The lowest BCUT2D eigenvalue weighted by atomic mass is 9.33. The van der Waals surface area contributed by atoms with Gasteiger partial charge >= 0.3 is 11.9 Å². The number of benzene rings is 1. The molecule has 0 amide bonds. The Hall–Kier alpha value is -3.29. The standard InChI is InChI=1S/C41H56O8/c1-23-12-15-37(3)18-19-39(5)26(33(37)24(23)2)22-28(43)35-38(4)16-14-31(41(7,36(46)48-9)30(38)13-17-40(35,39)6)49-32(44)11-10-25-20-27(42)34(45)29(21-25)47-8/h10-11,20-24,30-31,33,35,42,45H,12-19H2,1-9H3/t23-,24+,30?,31-,33?,35?,37-,38+,39-,40-,41-/m1/s1. The Balaban J connectivity index is 1.33. The number of esters is 2. The van der Waals surface area contributed by atoms with Crippen molar-refractivity contribution in [3.8, 4) is 17.2 Å². The molecule has 11 atom stereocenters. The van der Waals surface area contributed by atoms with Gasteiger partial charge in [0.1, 0.15) is 11.5 Å². The lowest BCUT2D eigenvalue weighted by molar-refractivity contribution is -0.221. The molecule has 4 saturated carbocycles. The molecule has 8 nitrogen and oxygen atoms in total. The van der Waals surface area contributed by atoms with Crippen LogP contribution in [0.25, 0.3) is 6.08 Å². The molecule has 0 radical (unpaired) electrons. The number of phenols is 2. The van der Waals surface area contributed by atoms with Gasteiger partial charge in [-0.25, -0.2) is 4.79 Å². The van der Waals surface area contributed by atoms with Gasteiger partial charge in [-0.2, -0.15) is 0 Å². The number of methoxy groups -OCH3 is 2. The first-order valence-electron chi connectivity index (χ1n) is 18.2. The first-order valence-corrected chi connectivity index (χ1v) is 18.2. The summed E-state index contributed by atoms with van der Waals surface area (Å²) >= 11 is 0. The maximum absolute atomic E-state index is 14.7. The zero-order valence-electron chi connectivity index (χ0n) is 30.9. The first kappa shape index (κ1) is 35.5. The van der Waals surface area contributed by atoms with Crippen molar-refractivity contribution in [2.75, 3.05) is 14.2 Å². The highest BCUT2D eigenvalue weighted by molar-refractivity contribution is 5.96. The highest BCUT2D eigenvalue weighted by Crippen LogP contribution is 2.75. The van der Waals surface area contributed by atoms with Gasteiger partial charge in [0.25, 0.3) is 0 Å². The summed E-state index contributed by atoms with van der Waals surface area (Å²) in [7, 11) is 2.75. The molecule has 5 aliphatic rings. The van der Waals surface area contributed by atoms with Gasteiger partial charge in [-0.15, -0.1) is 0 Å². The summed E-state index contributed by atoms with van der Waals surface area (Å²) in [6, 6.07) is 2.81. The van der Waals surface area contributed by atoms with Crippen LogP contribution in [-0.4, -0.2) is 48.3 Å². The Labute approximate surface area is 291 Å². The average molecular weight is 677 g/mol. The Bertz CT molecular complexity index is 1610. The number of carbonyl (C=O) groups is 3. The first-order chi connectivity index (χ1) is 22.9. The third kappa shape index (κ3) is 5.00. The van der Waals surface area contributed by atoms with Gasteiger partial charge in [0.2, 0.25) is 5.75 Å². The molecule has 0 aliphatic heterocycles. The molecule has 5 aliphatic carbocycles. The normalized spacial score (nSPS) is 43.0. The van der Waals surface area contributed by atoms with Crippen LogP contribution in [0, 0.1) is 56.7 Å². The minimum Gasteiger partial charge on any atom is -0.504 e. The topological polar surface area (TPSA) is 119 Å². The second-order valence-electron chi connectivity index (χ2n) is 17.5. The second-order valence-corrected chi connectivity index (χ2v) is 17.5. The van der Waals surface area contributed by atoms with Crippen LogP contribution in [0.5, 0.6) is 17.2 Å². The molecule has 0 aromatic heterocycles. The summed E-state index contributed by atoms with van der Waals surface area (Å²) in [5.74, 6) is -0.491. The molecule has 6 rings (SSSR count). The van der Waals surface area contributed by atoms with Gasteiger partial charge in [-0.05, 0) is 133 Å². The summed E-state index contributed by atoms with van der Waals surface area (Å²) in [6.07, 6.45) is 11.3. The molecule has 1 aromatic carbocycles. The number of aromatic hydroxyl groups is 2. The third-order valence-electron chi connectivity index (χ3n) is 15.3.